The van der Waals surface area contributed by atoms with Crippen molar-refractivity contribution < 1.29 is 51.4 Å². The van der Waals surface area contributed by atoms with E-state index in [0.29, 0.717) is 0 Å². The largest absolute Gasteiger partial charge is 1.00 e. The molecule has 0 aliphatic heterocycles. The summed E-state index contributed by atoms with van der Waals surface area (Å²) in [5.41, 5.74) is 0. The fourth-order valence-corrected chi connectivity index (χ4v) is 0. The van der Waals surface area contributed by atoms with E-state index in [2.05, 4.69) is 0 Å². The smallest absolute Gasteiger partial charge is 0.512 e. The van der Waals surface area contributed by atoms with E-state index in [0.717, 1.165) is 0 Å². The summed E-state index contributed by atoms with van der Waals surface area (Å²) < 4.78 is 0. The van der Waals surface area contributed by atoms with Crippen molar-refractivity contribution in [3.8, 4) is 0 Å². The molecular weight excluding hydrogens is 104 g/mol. The van der Waals surface area contributed by atoms with Gasteiger partial charge >= 0.3 is 51.4 Å². The minimum atomic E-state index is 0. The quantitative estimate of drug-likeness (QED) is 0.233. The number of hydrogen-bond donors (Lipinski definition) is 0. The van der Waals surface area contributed by atoms with Crippen molar-refractivity contribution in [3.63, 3.8) is 0 Å². The zero-order chi connectivity index (χ0) is 2.00. The van der Waals surface area contributed by atoms with E-state index in [-0.39, 0.29) is 103 Å². The first kappa shape index (κ1) is 15.9. The van der Waals surface area contributed by atoms with Crippen LogP contribution in [0, 0.1) is 11.8 Å². The van der Waals surface area contributed by atoms with Gasteiger partial charge in [0.1, 0.15) is 0 Å². The van der Waals surface area contributed by atoms with Crippen molar-refractivity contribution in [1.82, 2.24) is 0 Å². The topological polar surface area (TPSA) is 23.8 Å². The number of hydrogen-bond acceptors (Lipinski definition) is 1. The summed E-state index contributed by atoms with van der Waals surface area (Å²) in [6.45, 7) is 4.75. The van der Waals surface area contributed by atoms with Crippen LogP contribution in [0.2, 0.25) is 0 Å². The van der Waals surface area contributed by atoms with Crippen LogP contribution in [0.4, 0.5) is 0 Å². The van der Waals surface area contributed by atoms with E-state index in [1.165, 1.54) is 0 Å². The Morgan fingerprint density at radius 2 is 1.25 bits per heavy atom. The summed E-state index contributed by atoms with van der Waals surface area (Å²) in [5, 5.41) is 6.25. The normalized spacial score (nSPS) is 0.500. The first-order chi connectivity index (χ1) is 1.00. The zero-order valence-corrected chi connectivity index (χ0v) is 9.19. The second-order valence-electron chi connectivity index (χ2n) is 0. The summed E-state index contributed by atoms with van der Waals surface area (Å²) in [5.74, 6) is 0. The summed E-state index contributed by atoms with van der Waals surface area (Å²) in [4.78, 5) is 0. The first-order valence-corrected chi connectivity index (χ1v) is 0.224. The molecule has 0 N–H and O–H groups in total. The maximum Gasteiger partial charge on any atom is 1.00 e. The zero-order valence-electron chi connectivity index (χ0n) is 2.95. The Kier molecular flexibility index (Phi) is 67.9. The average molecular weight is 104 g/mol. The Hall–Kier alpha value is 2.76. The molecule has 0 aliphatic carbocycles. The van der Waals surface area contributed by atoms with Gasteiger partial charge in [0, 0.05) is 51.4 Å². The fourth-order valence-electron chi connectivity index (χ4n) is 0. The molecule has 1 radical (unpaired) electrons. The third-order valence-electron chi connectivity index (χ3n) is 0. The molecule has 0 aromatic carbocycles. The van der Waals surface area contributed by atoms with Gasteiger partial charge in [0.05, 0.1) is 0 Å². The molecule has 0 heterocycles. The Morgan fingerprint density at radius 3 is 1.25 bits per heavy atom. The molecule has 11 valence electrons. The van der Waals surface area contributed by atoms with Crippen molar-refractivity contribution >= 4 is 51.4 Å². The first-order valence-electron chi connectivity index (χ1n) is 0.224. The van der Waals surface area contributed by atoms with Gasteiger partial charge in [-0.1, -0.05) is 0 Å². The maximum absolute atomic E-state index is 6.25. The van der Waals surface area contributed by atoms with Crippen LogP contribution in [0.15, 0.2) is 0 Å². The average Bonchev–Trinajstić information content (AvgIpc) is 1.00. The van der Waals surface area contributed by atoms with E-state index in [1.807, 2.05) is 0 Å². The molecule has 0 spiro atoms. The van der Waals surface area contributed by atoms with Crippen LogP contribution in [0.5, 0.6) is 0 Å². The van der Waals surface area contributed by atoms with Gasteiger partial charge in [-0.05, 0) is 0 Å². The fraction of sp³-hybridized carbons (Fsp3) is 0. The Labute approximate surface area is 111 Å². The van der Waals surface area contributed by atoms with E-state index in [4.69, 9.17) is 11.8 Å². The maximum atomic E-state index is 6.25. The second kappa shape index (κ2) is 17.1. The second-order valence-corrected chi connectivity index (χ2v) is 0. The predicted molar refractivity (Wildman–Crippen MR) is 10.7 cm³/mol. The van der Waals surface area contributed by atoms with Crippen molar-refractivity contribution in [2.24, 2.45) is 0 Å². The van der Waals surface area contributed by atoms with Crippen molar-refractivity contribution in [2.45, 2.75) is 0 Å². The minimum Gasteiger partial charge on any atom is -0.512 e. The van der Waals surface area contributed by atoms with Crippen molar-refractivity contribution in [1.29, 1.82) is 5.26 Å². The number of nitrogens with zero attached hydrogens (tertiary/aromatic N) is 1. The molecule has 4 heavy (non-hydrogen) atoms. The molecule has 0 amide bonds. The van der Waals surface area contributed by atoms with Gasteiger partial charge in [-0.15, -0.1) is 0 Å². The standard InChI is InChI=1S/CN.2K/c1-2;;/q-1;;+1. The van der Waals surface area contributed by atoms with E-state index in [9.17, 15) is 0 Å². The van der Waals surface area contributed by atoms with Crippen LogP contribution < -0.4 is 51.4 Å². The van der Waals surface area contributed by atoms with Crippen LogP contribution in [0.25, 0.3) is 0 Å². The summed E-state index contributed by atoms with van der Waals surface area (Å²) in [7, 11) is 0. The molecular formula is CK2N. The molecule has 0 aromatic rings. The third-order valence-corrected chi connectivity index (χ3v) is 0. The molecule has 0 saturated heterocycles. The minimum absolute atomic E-state index is 0. The molecule has 0 aromatic heterocycles. The molecule has 0 bridgehead atoms. The Balaban J connectivity index is -0.00000000500. The molecule has 0 atom stereocenters. The van der Waals surface area contributed by atoms with Crippen LogP contribution in [-0.4, -0.2) is 51.4 Å². The molecule has 0 aliphatic rings. The summed E-state index contributed by atoms with van der Waals surface area (Å²) in [6, 6.07) is 0. The van der Waals surface area contributed by atoms with Crippen LogP contribution in [-0.2, 0) is 0 Å². The molecule has 3 heteroatoms. The Morgan fingerprint density at radius 1 is 1.25 bits per heavy atom. The Bertz CT molecular complexity index is 10.8. The van der Waals surface area contributed by atoms with Gasteiger partial charge < -0.3 is 11.8 Å². The van der Waals surface area contributed by atoms with Crippen molar-refractivity contribution in [3.05, 3.63) is 6.57 Å². The van der Waals surface area contributed by atoms with Gasteiger partial charge in [0.15, 0.2) is 0 Å². The molecule has 0 unspecified atom stereocenters. The van der Waals surface area contributed by atoms with Gasteiger partial charge in [0.2, 0.25) is 0 Å². The summed E-state index contributed by atoms with van der Waals surface area (Å²) >= 11 is 0. The van der Waals surface area contributed by atoms with E-state index in [1.54, 1.807) is 0 Å². The van der Waals surface area contributed by atoms with Gasteiger partial charge in [-0.25, -0.2) is 0 Å². The van der Waals surface area contributed by atoms with Gasteiger partial charge in [0.25, 0.3) is 0 Å². The predicted octanol–water partition coefficient (Wildman–Crippen LogP) is -3.28. The van der Waals surface area contributed by atoms with Gasteiger partial charge in [-0.2, -0.15) is 0 Å². The molecule has 0 saturated carbocycles. The van der Waals surface area contributed by atoms with E-state index >= 15 is 0 Å². The monoisotopic (exact) mass is 104 g/mol. The molecule has 0 rings (SSSR count). The van der Waals surface area contributed by atoms with Crippen molar-refractivity contribution in [2.75, 3.05) is 0 Å². The summed E-state index contributed by atoms with van der Waals surface area (Å²) in [6.07, 6.45) is 0. The van der Waals surface area contributed by atoms with Crippen LogP contribution in [0.1, 0.15) is 0 Å². The van der Waals surface area contributed by atoms with E-state index < -0.39 is 0 Å². The molecule has 1 nitrogen and oxygen atoms in total. The third kappa shape index (κ3) is 8.83. The van der Waals surface area contributed by atoms with Crippen LogP contribution >= 0.6 is 0 Å². The number of rotatable bonds is 0. The van der Waals surface area contributed by atoms with Crippen LogP contribution in [0.3, 0.4) is 0 Å². The SMILES string of the molecule is [C-]#N.[K+].[K]. The molecule has 0 fully saturated rings. The van der Waals surface area contributed by atoms with Gasteiger partial charge in [-0.3, -0.25) is 0 Å².